The van der Waals surface area contributed by atoms with Gasteiger partial charge in [-0.15, -0.1) is 21.5 Å². The van der Waals surface area contributed by atoms with E-state index in [0.717, 1.165) is 31.0 Å². The van der Waals surface area contributed by atoms with Crippen LogP contribution in [0.25, 0.3) is 0 Å². The molecule has 0 aromatic carbocycles. The van der Waals surface area contributed by atoms with Crippen molar-refractivity contribution in [2.75, 3.05) is 7.05 Å². The van der Waals surface area contributed by atoms with E-state index in [-0.39, 0.29) is 12.1 Å². The number of hydrogen-bond donors (Lipinski definition) is 1. The number of carbonyl (C=O) groups is 1. The Morgan fingerprint density at radius 1 is 1.48 bits per heavy atom. The number of nitrogens with one attached hydrogen (secondary N) is 1. The topological polar surface area (TPSA) is 63.1 Å². The molecule has 3 heterocycles. The van der Waals surface area contributed by atoms with Gasteiger partial charge in [0.2, 0.25) is 0 Å². The van der Waals surface area contributed by atoms with Crippen LogP contribution in [-0.2, 0) is 19.5 Å². The van der Waals surface area contributed by atoms with E-state index in [1.54, 1.807) is 23.3 Å². The number of carbonyl (C=O) groups excluding carboxylic acids is 1. The molecule has 0 spiro atoms. The van der Waals surface area contributed by atoms with Crippen LogP contribution in [0.4, 0.5) is 4.79 Å². The van der Waals surface area contributed by atoms with Gasteiger partial charge in [0, 0.05) is 24.9 Å². The first-order valence-electron chi connectivity index (χ1n) is 8.02. The van der Waals surface area contributed by atoms with Crippen LogP contribution in [0.3, 0.4) is 0 Å². The molecule has 1 aliphatic rings. The Bertz CT molecular complexity index is 664. The molecular formula is C16H23N5OS. The minimum atomic E-state index is -0.0764. The summed E-state index contributed by atoms with van der Waals surface area (Å²) in [6.07, 6.45) is 2.10. The van der Waals surface area contributed by atoms with E-state index in [2.05, 4.69) is 40.0 Å². The number of nitrogens with zero attached hydrogens (tertiary/aromatic N) is 4. The van der Waals surface area contributed by atoms with Crippen molar-refractivity contribution in [3.05, 3.63) is 34.0 Å². The van der Waals surface area contributed by atoms with Gasteiger partial charge in [0.25, 0.3) is 0 Å². The van der Waals surface area contributed by atoms with Gasteiger partial charge in [-0.25, -0.2) is 4.79 Å². The van der Waals surface area contributed by atoms with Crippen molar-refractivity contribution in [3.63, 3.8) is 0 Å². The van der Waals surface area contributed by atoms with Gasteiger partial charge >= 0.3 is 6.03 Å². The molecule has 0 aliphatic carbocycles. The second-order valence-corrected chi connectivity index (χ2v) is 7.31. The molecule has 124 valence electrons. The molecule has 0 bridgehead atoms. The first kappa shape index (κ1) is 16.0. The monoisotopic (exact) mass is 333 g/mol. The maximum Gasteiger partial charge on any atom is 0.318 e. The lowest BCUT2D eigenvalue weighted by Gasteiger charge is -2.25. The second-order valence-electron chi connectivity index (χ2n) is 6.33. The largest absolute Gasteiger partial charge is 0.330 e. The molecule has 2 amide bonds. The molecule has 0 radical (unpaired) electrons. The molecule has 2 aromatic rings. The first-order valence-corrected chi connectivity index (χ1v) is 8.90. The van der Waals surface area contributed by atoms with Gasteiger partial charge in [0.15, 0.2) is 5.82 Å². The zero-order valence-corrected chi connectivity index (χ0v) is 14.6. The summed E-state index contributed by atoms with van der Waals surface area (Å²) in [6.45, 7) is 5.68. The maximum atomic E-state index is 12.5. The number of rotatable bonds is 5. The number of fused-ring (bicyclic) bond motifs is 1. The Morgan fingerprint density at radius 3 is 3.00 bits per heavy atom. The van der Waals surface area contributed by atoms with Crippen LogP contribution in [-0.4, -0.2) is 32.7 Å². The highest BCUT2D eigenvalue weighted by Crippen LogP contribution is 2.26. The summed E-state index contributed by atoms with van der Waals surface area (Å²) >= 11 is 1.68. The molecule has 3 rings (SSSR count). The van der Waals surface area contributed by atoms with E-state index in [1.807, 2.05) is 11.4 Å². The molecule has 23 heavy (non-hydrogen) atoms. The molecule has 7 heteroatoms. The van der Waals surface area contributed by atoms with Gasteiger partial charge in [0.1, 0.15) is 5.82 Å². The summed E-state index contributed by atoms with van der Waals surface area (Å²) in [4.78, 5) is 15.4. The summed E-state index contributed by atoms with van der Waals surface area (Å²) in [5.74, 6) is 2.24. The molecule has 6 nitrogen and oxygen atoms in total. The van der Waals surface area contributed by atoms with Crippen LogP contribution in [0, 0.1) is 5.92 Å². The van der Waals surface area contributed by atoms with Crippen molar-refractivity contribution < 1.29 is 4.79 Å². The van der Waals surface area contributed by atoms with Crippen LogP contribution < -0.4 is 5.32 Å². The highest BCUT2D eigenvalue weighted by molar-refractivity contribution is 7.10. The van der Waals surface area contributed by atoms with Crippen molar-refractivity contribution in [2.45, 2.75) is 45.8 Å². The van der Waals surface area contributed by atoms with Crippen molar-refractivity contribution in [3.8, 4) is 0 Å². The molecule has 0 saturated heterocycles. The summed E-state index contributed by atoms with van der Waals surface area (Å²) in [7, 11) is 1.80. The first-order chi connectivity index (χ1) is 11.1. The molecule has 0 saturated carbocycles. The Kier molecular flexibility index (Phi) is 4.66. The van der Waals surface area contributed by atoms with Crippen molar-refractivity contribution in [2.24, 2.45) is 5.92 Å². The molecule has 1 atom stereocenters. The lowest BCUT2D eigenvalue weighted by molar-refractivity contribution is 0.197. The average molecular weight is 333 g/mol. The quantitative estimate of drug-likeness (QED) is 0.915. The lowest BCUT2D eigenvalue weighted by atomic mass is 10.0. The molecule has 0 fully saturated rings. The van der Waals surface area contributed by atoms with Crippen LogP contribution in [0.5, 0.6) is 0 Å². The smallest absolute Gasteiger partial charge is 0.318 e. The van der Waals surface area contributed by atoms with Gasteiger partial charge in [-0.3, -0.25) is 0 Å². The molecule has 2 aromatic heterocycles. The van der Waals surface area contributed by atoms with Gasteiger partial charge in [-0.05, 0) is 23.8 Å². The minimum absolute atomic E-state index is 0.0362. The molecule has 1 N–H and O–H groups in total. The van der Waals surface area contributed by atoms with E-state index in [9.17, 15) is 4.79 Å². The van der Waals surface area contributed by atoms with E-state index in [4.69, 9.17) is 0 Å². The summed E-state index contributed by atoms with van der Waals surface area (Å²) < 4.78 is 2.13. The van der Waals surface area contributed by atoms with Crippen LogP contribution in [0.1, 0.15) is 42.8 Å². The fourth-order valence-electron chi connectivity index (χ4n) is 2.89. The second kappa shape index (κ2) is 6.70. The summed E-state index contributed by atoms with van der Waals surface area (Å²) in [5.41, 5.74) is 0. The predicted octanol–water partition coefficient (Wildman–Crippen LogP) is 2.82. The number of hydrogen-bond acceptors (Lipinski definition) is 4. The fourth-order valence-corrected chi connectivity index (χ4v) is 3.84. The highest BCUT2D eigenvalue weighted by atomic mass is 32.1. The van der Waals surface area contributed by atoms with Crippen molar-refractivity contribution in [1.82, 2.24) is 25.0 Å². The third-order valence-electron chi connectivity index (χ3n) is 4.21. The Labute approximate surface area is 140 Å². The Hall–Kier alpha value is -1.89. The van der Waals surface area contributed by atoms with Crippen molar-refractivity contribution in [1.29, 1.82) is 0 Å². The summed E-state index contributed by atoms with van der Waals surface area (Å²) in [6, 6.07) is 4.05. The van der Waals surface area contributed by atoms with Gasteiger partial charge < -0.3 is 14.8 Å². The molecular weight excluding hydrogens is 310 g/mol. The number of aryl methyl sites for hydroxylation is 1. The number of thiophene rings is 1. The predicted molar refractivity (Wildman–Crippen MR) is 90.2 cm³/mol. The highest BCUT2D eigenvalue weighted by Gasteiger charge is 2.23. The zero-order valence-electron chi connectivity index (χ0n) is 13.8. The lowest BCUT2D eigenvalue weighted by Crippen LogP contribution is -2.40. The summed E-state index contributed by atoms with van der Waals surface area (Å²) in [5, 5.41) is 13.6. The van der Waals surface area contributed by atoms with E-state index >= 15 is 0 Å². The standard InChI is InChI=1S/C16H23N5OS/c1-11(2)15(12-6-5-9-23-12)17-16(22)20(3)10-14-19-18-13-7-4-8-21(13)14/h5-6,9,11,15H,4,7-8,10H2,1-3H3,(H,17,22)/t15-/m0/s1. The van der Waals surface area contributed by atoms with E-state index < -0.39 is 0 Å². The third-order valence-corrected chi connectivity index (χ3v) is 5.16. The number of amides is 2. The number of aromatic nitrogens is 3. The third kappa shape index (κ3) is 3.39. The van der Waals surface area contributed by atoms with E-state index in [1.165, 1.54) is 4.88 Å². The van der Waals surface area contributed by atoms with Crippen LogP contribution >= 0.6 is 11.3 Å². The number of urea groups is 1. The normalized spacial score (nSPS) is 14.8. The van der Waals surface area contributed by atoms with E-state index in [0.29, 0.717) is 12.5 Å². The molecule has 0 unspecified atom stereocenters. The van der Waals surface area contributed by atoms with Crippen LogP contribution in [0.15, 0.2) is 17.5 Å². The zero-order chi connectivity index (χ0) is 16.4. The minimum Gasteiger partial charge on any atom is -0.330 e. The Morgan fingerprint density at radius 2 is 2.30 bits per heavy atom. The fraction of sp³-hybridized carbons (Fsp3) is 0.562. The van der Waals surface area contributed by atoms with Crippen molar-refractivity contribution >= 4 is 17.4 Å². The maximum absolute atomic E-state index is 12.5. The average Bonchev–Trinajstić information content (AvgIpc) is 3.23. The van der Waals surface area contributed by atoms with Gasteiger partial charge in [-0.2, -0.15) is 0 Å². The van der Waals surface area contributed by atoms with Gasteiger partial charge in [0.05, 0.1) is 12.6 Å². The van der Waals surface area contributed by atoms with Gasteiger partial charge in [-0.1, -0.05) is 19.9 Å². The van der Waals surface area contributed by atoms with Crippen LogP contribution in [0.2, 0.25) is 0 Å². The Balaban J connectivity index is 1.64. The SMILES string of the molecule is CC(C)[C@H](NC(=O)N(C)Cc1nnc2n1CCC2)c1cccs1. The molecule has 1 aliphatic heterocycles.